The summed E-state index contributed by atoms with van der Waals surface area (Å²) in [5, 5.41) is 4.03. The molecule has 1 aliphatic carbocycles. The number of carbonyl (C=O) groups excluding carboxylic acids is 1. The van der Waals surface area contributed by atoms with E-state index in [1.165, 1.54) is 7.11 Å². The summed E-state index contributed by atoms with van der Waals surface area (Å²) < 4.78 is 12.0. The highest BCUT2D eigenvalue weighted by atomic mass is 16.5. The first-order valence-electron chi connectivity index (χ1n) is 5.30. The van der Waals surface area contributed by atoms with Crippen LogP contribution in [0.15, 0.2) is 6.20 Å². The molecule has 0 radical (unpaired) electrons. The molecule has 0 saturated heterocycles. The summed E-state index contributed by atoms with van der Waals surface area (Å²) >= 11 is 0. The van der Waals surface area contributed by atoms with Crippen LogP contribution in [0.3, 0.4) is 0 Å². The number of Topliss-reactive ketones (excluding diaryl/α,β-unsaturated/α-hetero) is 1. The molecule has 5 nitrogen and oxygen atoms in total. The molecule has 0 atom stereocenters. The summed E-state index contributed by atoms with van der Waals surface area (Å²) in [4.78, 5) is 12.4. The standard InChI is InChI=1S/C11H16N2O3/c1-13-9(8(15-2)7-12-13)10(14)11(16-3)5-4-6-11/h7H,4-6H2,1-3H3. The highest BCUT2D eigenvalue weighted by Crippen LogP contribution is 2.39. The predicted molar refractivity (Wildman–Crippen MR) is 57.7 cm³/mol. The van der Waals surface area contributed by atoms with Crippen molar-refractivity contribution in [1.29, 1.82) is 0 Å². The van der Waals surface area contributed by atoms with Gasteiger partial charge >= 0.3 is 0 Å². The second-order valence-corrected chi connectivity index (χ2v) is 4.07. The van der Waals surface area contributed by atoms with E-state index in [1.807, 2.05) is 0 Å². The van der Waals surface area contributed by atoms with E-state index in [9.17, 15) is 4.79 Å². The number of hydrogen-bond donors (Lipinski definition) is 0. The van der Waals surface area contributed by atoms with E-state index in [-0.39, 0.29) is 5.78 Å². The molecule has 1 aromatic heterocycles. The van der Waals surface area contributed by atoms with Crippen molar-refractivity contribution in [3.63, 3.8) is 0 Å². The molecule has 88 valence electrons. The van der Waals surface area contributed by atoms with Gasteiger partial charge in [-0.1, -0.05) is 0 Å². The molecule has 2 rings (SSSR count). The molecule has 0 amide bonds. The Morgan fingerprint density at radius 1 is 1.50 bits per heavy atom. The van der Waals surface area contributed by atoms with E-state index in [4.69, 9.17) is 9.47 Å². The number of ether oxygens (including phenoxy) is 2. The first kappa shape index (κ1) is 11.1. The lowest BCUT2D eigenvalue weighted by Crippen LogP contribution is -2.47. The van der Waals surface area contributed by atoms with Gasteiger partial charge in [-0.25, -0.2) is 0 Å². The molecule has 1 aromatic rings. The van der Waals surface area contributed by atoms with Gasteiger partial charge in [0.15, 0.2) is 5.75 Å². The summed E-state index contributed by atoms with van der Waals surface area (Å²) in [6.45, 7) is 0. The van der Waals surface area contributed by atoms with Gasteiger partial charge in [-0.3, -0.25) is 9.48 Å². The number of ketones is 1. The molecule has 0 unspecified atom stereocenters. The van der Waals surface area contributed by atoms with Crippen LogP contribution in [-0.4, -0.2) is 35.4 Å². The third-order valence-corrected chi connectivity index (χ3v) is 3.31. The number of aryl methyl sites for hydroxylation is 1. The van der Waals surface area contributed by atoms with Gasteiger partial charge in [0.25, 0.3) is 0 Å². The van der Waals surface area contributed by atoms with Crippen LogP contribution in [0.5, 0.6) is 5.75 Å². The summed E-state index contributed by atoms with van der Waals surface area (Å²) in [6.07, 6.45) is 4.13. The van der Waals surface area contributed by atoms with Crippen molar-refractivity contribution < 1.29 is 14.3 Å². The van der Waals surface area contributed by atoms with Gasteiger partial charge in [0.1, 0.15) is 11.3 Å². The number of methoxy groups -OCH3 is 2. The third-order valence-electron chi connectivity index (χ3n) is 3.31. The van der Waals surface area contributed by atoms with Crippen LogP contribution in [0.2, 0.25) is 0 Å². The maximum Gasteiger partial charge on any atom is 0.216 e. The van der Waals surface area contributed by atoms with Crippen molar-refractivity contribution in [1.82, 2.24) is 9.78 Å². The molecule has 1 aliphatic rings. The van der Waals surface area contributed by atoms with Crippen molar-refractivity contribution in [2.24, 2.45) is 7.05 Å². The molecule has 5 heteroatoms. The maximum absolute atomic E-state index is 12.4. The lowest BCUT2D eigenvalue weighted by Gasteiger charge is -2.38. The van der Waals surface area contributed by atoms with Gasteiger partial charge in [0.2, 0.25) is 5.78 Å². The van der Waals surface area contributed by atoms with Gasteiger partial charge in [-0.05, 0) is 19.3 Å². The predicted octanol–water partition coefficient (Wildman–Crippen LogP) is 1.18. The zero-order valence-corrected chi connectivity index (χ0v) is 9.82. The highest BCUT2D eigenvalue weighted by molar-refractivity contribution is 6.03. The first-order chi connectivity index (χ1) is 7.64. The van der Waals surface area contributed by atoms with E-state index in [0.29, 0.717) is 11.4 Å². The van der Waals surface area contributed by atoms with Crippen molar-refractivity contribution in [2.75, 3.05) is 14.2 Å². The zero-order chi connectivity index (χ0) is 11.8. The quantitative estimate of drug-likeness (QED) is 0.721. The molecule has 1 saturated carbocycles. The lowest BCUT2D eigenvalue weighted by atomic mass is 9.75. The maximum atomic E-state index is 12.4. The summed E-state index contributed by atoms with van der Waals surface area (Å²) in [7, 11) is 4.85. The Bertz CT molecular complexity index is 402. The minimum absolute atomic E-state index is 0.0295. The fourth-order valence-corrected chi connectivity index (χ4v) is 2.06. The Hall–Kier alpha value is -1.36. The monoisotopic (exact) mass is 224 g/mol. The minimum atomic E-state index is -0.652. The third kappa shape index (κ3) is 1.43. The van der Waals surface area contributed by atoms with Crippen molar-refractivity contribution >= 4 is 5.78 Å². The minimum Gasteiger partial charge on any atom is -0.493 e. The Morgan fingerprint density at radius 2 is 2.19 bits per heavy atom. The van der Waals surface area contributed by atoms with E-state index in [2.05, 4.69) is 5.10 Å². The Labute approximate surface area is 94.3 Å². The second-order valence-electron chi connectivity index (χ2n) is 4.07. The Morgan fingerprint density at radius 3 is 2.62 bits per heavy atom. The molecule has 16 heavy (non-hydrogen) atoms. The fourth-order valence-electron chi connectivity index (χ4n) is 2.06. The van der Waals surface area contributed by atoms with E-state index < -0.39 is 5.60 Å². The van der Waals surface area contributed by atoms with Gasteiger partial charge in [0, 0.05) is 14.2 Å². The van der Waals surface area contributed by atoms with E-state index >= 15 is 0 Å². The summed E-state index contributed by atoms with van der Waals surface area (Å²) in [6, 6.07) is 0. The number of carbonyl (C=O) groups is 1. The molecule has 1 fully saturated rings. The molecule has 0 N–H and O–H groups in total. The molecule has 0 bridgehead atoms. The SMILES string of the molecule is COc1cnn(C)c1C(=O)C1(OC)CCC1. The van der Waals surface area contributed by atoms with Crippen LogP contribution in [0.4, 0.5) is 0 Å². The van der Waals surface area contributed by atoms with Crippen molar-refractivity contribution in [2.45, 2.75) is 24.9 Å². The van der Waals surface area contributed by atoms with Crippen LogP contribution in [0.1, 0.15) is 29.8 Å². The van der Waals surface area contributed by atoms with Crippen molar-refractivity contribution in [3.05, 3.63) is 11.9 Å². The Balaban J connectivity index is 2.36. The summed E-state index contributed by atoms with van der Waals surface area (Å²) in [5.74, 6) is 0.480. The van der Waals surface area contributed by atoms with Crippen LogP contribution in [0, 0.1) is 0 Å². The average Bonchev–Trinajstić information content (AvgIpc) is 2.58. The lowest BCUT2D eigenvalue weighted by molar-refractivity contribution is -0.0455. The van der Waals surface area contributed by atoms with Gasteiger partial charge in [0.05, 0.1) is 13.3 Å². The van der Waals surface area contributed by atoms with Gasteiger partial charge in [-0.15, -0.1) is 0 Å². The smallest absolute Gasteiger partial charge is 0.216 e. The normalized spacial score (nSPS) is 17.9. The molecule has 0 aromatic carbocycles. The number of hydrogen-bond acceptors (Lipinski definition) is 4. The number of nitrogens with zero attached hydrogens (tertiary/aromatic N) is 2. The largest absolute Gasteiger partial charge is 0.493 e. The fraction of sp³-hybridized carbons (Fsp3) is 0.636. The molecular formula is C11H16N2O3. The highest BCUT2D eigenvalue weighted by Gasteiger charge is 2.46. The molecule has 1 heterocycles. The van der Waals surface area contributed by atoms with Crippen LogP contribution >= 0.6 is 0 Å². The second kappa shape index (κ2) is 3.90. The summed E-state index contributed by atoms with van der Waals surface area (Å²) in [5.41, 5.74) is -0.162. The molecular weight excluding hydrogens is 208 g/mol. The first-order valence-corrected chi connectivity index (χ1v) is 5.30. The van der Waals surface area contributed by atoms with E-state index in [1.54, 1.807) is 25.0 Å². The molecule has 0 aliphatic heterocycles. The van der Waals surface area contributed by atoms with E-state index in [0.717, 1.165) is 19.3 Å². The average molecular weight is 224 g/mol. The Kier molecular flexibility index (Phi) is 2.71. The topological polar surface area (TPSA) is 53.4 Å². The number of aromatic nitrogens is 2. The van der Waals surface area contributed by atoms with Crippen molar-refractivity contribution in [3.8, 4) is 5.75 Å². The van der Waals surface area contributed by atoms with Gasteiger partial charge in [-0.2, -0.15) is 5.10 Å². The number of rotatable bonds is 4. The van der Waals surface area contributed by atoms with Crippen LogP contribution in [-0.2, 0) is 11.8 Å². The van der Waals surface area contributed by atoms with Gasteiger partial charge < -0.3 is 9.47 Å². The molecule has 0 spiro atoms. The van der Waals surface area contributed by atoms with Crippen LogP contribution in [0.25, 0.3) is 0 Å². The zero-order valence-electron chi connectivity index (χ0n) is 9.82. The van der Waals surface area contributed by atoms with Crippen LogP contribution < -0.4 is 4.74 Å².